The van der Waals surface area contributed by atoms with Gasteiger partial charge in [0.1, 0.15) is 6.61 Å². The van der Waals surface area contributed by atoms with Gasteiger partial charge < -0.3 is 25.3 Å². The summed E-state index contributed by atoms with van der Waals surface area (Å²) in [5, 5.41) is 21.3. The molecule has 1 aromatic heterocycles. The molecule has 11 heteroatoms. The van der Waals surface area contributed by atoms with Crippen LogP contribution in [0.3, 0.4) is 0 Å². The minimum atomic E-state index is -4.59. The van der Waals surface area contributed by atoms with Crippen molar-refractivity contribution in [2.75, 3.05) is 13.2 Å². The van der Waals surface area contributed by atoms with Crippen LogP contribution in [0.25, 0.3) is 22.0 Å². The maximum Gasteiger partial charge on any atom is 0.417 e. The smallest absolute Gasteiger partial charge is 0.417 e. The summed E-state index contributed by atoms with van der Waals surface area (Å²) in [6, 6.07) is 10.6. The molecule has 0 spiro atoms. The number of pyridine rings is 1. The van der Waals surface area contributed by atoms with Crippen LogP contribution in [-0.2, 0) is 20.5 Å². The van der Waals surface area contributed by atoms with Gasteiger partial charge in [-0.2, -0.15) is 13.2 Å². The van der Waals surface area contributed by atoms with E-state index in [1.54, 1.807) is 12.1 Å². The lowest BCUT2D eigenvalue weighted by molar-refractivity contribution is -0.156. The van der Waals surface area contributed by atoms with Gasteiger partial charge in [-0.05, 0) is 35.6 Å². The van der Waals surface area contributed by atoms with Crippen LogP contribution < -0.4 is 10.9 Å². The Morgan fingerprint density at radius 2 is 1.89 bits per heavy atom. The molecule has 1 fully saturated rings. The summed E-state index contributed by atoms with van der Waals surface area (Å²) in [5.74, 6) is -2.00. The number of amides is 1. The van der Waals surface area contributed by atoms with Gasteiger partial charge in [0.25, 0.3) is 5.56 Å². The predicted molar refractivity (Wildman–Crippen MR) is 118 cm³/mol. The molecule has 35 heavy (non-hydrogen) atoms. The van der Waals surface area contributed by atoms with E-state index in [1.165, 1.54) is 30.3 Å². The Bertz CT molecular complexity index is 1340. The molecule has 3 atom stereocenters. The minimum Gasteiger partial charge on any atom is -0.462 e. The summed E-state index contributed by atoms with van der Waals surface area (Å²) in [7, 11) is 0. The summed E-state index contributed by atoms with van der Waals surface area (Å²) < 4.78 is 45.1. The van der Waals surface area contributed by atoms with E-state index in [0.717, 1.165) is 6.07 Å². The summed E-state index contributed by atoms with van der Waals surface area (Å²) in [6.07, 6.45) is -6.01. The van der Waals surface area contributed by atoms with Gasteiger partial charge in [-0.25, -0.2) is 4.79 Å². The zero-order valence-corrected chi connectivity index (χ0v) is 18.1. The Kier molecular flexibility index (Phi) is 6.64. The lowest BCUT2D eigenvalue weighted by Gasteiger charge is -2.14. The maximum absolute atomic E-state index is 13.4. The molecule has 1 amide bonds. The van der Waals surface area contributed by atoms with Gasteiger partial charge in [-0.15, -0.1) is 0 Å². The molecule has 4 rings (SSSR count). The van der Waals surface area contributed by atoms with Crippen molar-refractivity contribution >= 4 is 22.6 Å². The van der Waals surface area contributed by atoms with E-state index in [0.29, 0.717) is 10.9 Å². The normalized spacial score (nSPS) is 18.9. The van der Waals surface area contributed by atoms with Crippen LogP contribution in [0.1, 0.15) is 23.5 Å². The number of esters is 1. The highest BCUT2D eigenvalue weighted by molar-refractivity contribution is 5.90. The summed E-state index contributed by atoms with van der Waals surface area (Å²) >= 11 is 0. The van der Waals surface area contributed by atoms with E-state index in [9.17, 15) is 32.7 Å². The average Bonchev–Trinajstić information content (AvgIpc) is 3.21. The third-order valence-electron chi connectivity index (χ3n) is 5.85. The number of halogens is 3. The average molecular weight is 490 g/mol. The lowest BCUT2D eigenvalue weighted by atomic mass is 9.93. The van der Waals surface area contributed by atoms with Crippen molar-refractivity contribution < 1.29 is 37.7 Å². The number of aromatic amines is 1. The number of carbonyl (C=O) groups is 2. The molecule has 4 N–H and O–H groups in total. The van der Waals surface area contributed by atoms with Crippen molar-refractivity contribution in [1.29, 1.82) is 0 Å². The molecular formula is C24H21F3N2O6. The first-order chi connectivity index (χ1) is 16.6. The Morgan fingerprint density at radius 1 is 1.14 bits per heavy atom. The number of fused-ring (bicyclic) bond motifs is 1. The standard InChI is InChI=1S/C24H21F3N2O6/c25-24(26,27)18-4-2-1-3-15(18)19-8-13-6-5-12(7-16(13)22(33)29-19)17-9-14(28-21(17)32)11-35-23(34)20(31)10-30/h1-8,14,17,20,30-31H,9-11H2,(H,28,32)(H,29,33)/t14?,17-,20+/m0/s1. The summed E-state index contributed by atoms with van der Waals surface area (Å²) in [5.41, 5.74) is -1.07. The van der Waals surface area contributed by atoms with Crippen LogP contribution >= 0.6 is 0 Å². The highest BCUT2D eigenvalue weighted by Gasteiger charge is 2.35. The molecule has 0 radical (unpaired) electrons. The zero-order chi connectivity index (χ0) is 25.3. The van der Waals surface area contributed by atoms with Gasteiger partial charge in [0.2, 0.25) is 5.91 Å². The van der Waals surface area contributed by atoms with E-state index >= 15 is 0 Å². The van der Waals surface area contributed by atoms with Crippen molar-refractivity contribution in [3.8, 4) is 11.3 Å². The minimum absolute atomic E-state index is 0.0220. The zero-order valence-electron chi connectivity index (χ0n) is 18.1. The number of hydrogen-bond acceptors (Lipinski definition) is 6. The number of ether oxygens (including phenoxy) is 1. The molecule has 184 valence electrons. The molecule has 8 nitrogen and oxygen atoms in total. The topological polar surface area (TPSA) is 129 Å². The van der Waals surface area contributed by atoms with Crippen LogP contribution in [0.4, 0.5) is 13.2 Å². The summed E-state index contributed by atoms with van der Waals surface area (Å²) in [4.78, 5) is 39.3. The number of rotatable bonds is 6. The fourth-order valence-corrected chi connectivity index (χ4v) is 4.11. The van der Waals surface area contributed by atoms with Crippen LogP contribution in [-0.4, -0.2) is 52.4 Å². The number of carbonyl (C=O) groups excluding carboxylic acids is 2. The maximum atomic E-state index is 13.4. The number of nitrogens with one attached hydrogen (secondary N) is 2. The molecular weight excluding hydrogens is 469 g/mol. The third kappa shape index (κ3) is 5.05. The largest absolute Gasteiger partial charge is 0.462 e. The van der Waals surface area contributed by atoms with Crippen molar-refractivity contribution in [3.05, 3.63) is 70.0 Å². The SMILES string of the molecule is O=C(OCC1C[C@@H](c2ccc3cc(-c4ccccc4C(F)(F)F)[nH]c(=O)c3c2)C(=O)N1)[C@H](O)CO. The first kappa shape index (κ1) is 24.4. The van der Waals surface area contributed by atoms with E-state index < -0.39 is 47.9 Å². The van der Waals surface area contributed by atoms with Crippen molar-refractivity contribution in [1.82, 2.24) is 10.3 Å². The molecule has 2 aromatic carbocycles. The van der Waals surface area contributed by atoms with Gasteiger partial charge in [0.15, 0.2) is 6.10 Å². The molecule has 0 aliphatic carbocycles. The van der Waals surface area contributed by atoms with Crippen molar-refractivity contribution in [2.24, 2.45) is 0 Å². The number of hydrogen-bond donors (Lipinski definition) is 4. The Morgan fingerprint density at radius 3 is 2.60 bits per heavy atom. The highest BCUT2D eigenvalue weighted by Crippen LogP contribution is 2.37. The molecule has 0 bridgehead atoms. The molecule has 2 heterocycles. The molecule has 0 saturated carbocycles. The first-order valence-electron chi connectivity index (χ1n) is 10.7. The van der Waals surface area contributed by atoms with Crippen LogP contribution in [0.5, 0.6) is 0 Å². The molecule has 1 aliphatic rings. The van der Waals surface area contributed by atoms with Gasteiger partial charge >= 0.3 is 12.1 Å². The van der Waals surface area contributed by atoms with Crippen molar-refractivity contribution in [2.45, 2.75) is 30.7 Å². The molecule has 1 aliphatic heterocycles. The Hall–Kier alpha value is -3.70. The van der Waals surface area contributed by atoms with E-state index in [2.05, 4.69) is 10.3 Å². The summed E-state index contributed by atoms with van der Waals surface area (Å²) in [6.45, 7) is -0.984. The van der Waals surface area contributed by atoms with Gasteiger partial charge in [0.05, 0.1) is 24.1 Å². The van der Waals surface area contributed by atoms with E-state index in [-0.39, 0.29) is 35.6 Å². The second-order valence-corrected chi connectivity index (χ2v) is 8.22. The monoisotopic (exact) mass is 490 g/mol. The Labute approximate surface area is 196 Å². The lowest BCUT2D eigenvalue weighted by Crippen LogP contribution is -2.34. The number of aliphatic hydroxyl groups is 2. The van der Waals surface area contributed by atoms with Crippen LogP contribution in [0.2, 0.25) is 0 Å². The molecule has 1 saturated heterocycles. The second kappa shape index (κ2) is 9.51. The fourth-order valence-electron chi connectivity index (χ4n) is 4.11. The quantitative estimate of drug-likeness (QED) is 0.392. The Balaban J connectivity index is 1.59. The predicted octanol–water partition coefficient (Wildman–Crippen LogP) is 2.08. The van der Waals surface area contributed by atoms with Crippen molar-refractivity contribution in [3.63, 3.8) is 0 Å². The van der Waals surface area contributed by atoms with Gasteiger partial charge in [0, 0.05) is 16.6 Å². The van der Waals surface area contributed by atoms with Gasteiger partial charge in [-0.3, -0.25) is 9.59 Å². The highest BCUT2D eigenvalue weighted by atomic mass is 19.4. The van der Waals surface area contributed by atoms with Crippen LogP contribution in [0, 0.1) is 0 Å². The number of aromatic nitrogens is 1. The molecule has 3 aromatic rings. The number of aliphatic hydroxyl groups excluding tert-OH is 2. The number of H-pyrrole nitrogens is 1. The fraction of sp³-hybridized carbons (Fsp3) is 0.292. The van der Waals surface area contributed by atoms with Crippen LogP contribution in [0.15, 0.2) is 53.3 Å². The number of benzene rings is 2. The number of alkyl halides is 3. The molecule has 1 unspecified atom stereocenters. The van der Waals surface area contributed by atoms with E-state index in [4.69, 9.17) is 9.84 Å². The first-order valence-corrected chi connectivity index (χ1v) is 10.7. The second-order valence-electron chi connectivity index (χ2n) is 8.22. The van der Waals surface area contributed by atoms with E-state index in [1.807, 2.05) is 0 Å². The third-order valence-corrected chi connectivity index (χ3v) is 5.85. The van der Waals surface area contributed by atoms with Gasteiger partial charge in [-0.1, -0.05) is 30.3 Å².